The van der Waals surface area contributed by atoms with E-state index in [0.29, 0.717) is 0 Å². The van der Waals surface area contributed by atoms with Crippen LogP contribution in [0, 0.1) is 0 Å². The molecule has 0 amide bonds. The van der Waals surface area contributed by atoms with Gasteiger partial charge in [0.05, 0.1) is 19.9 Å². The van der Waals surface area contributed by atoms with Crippen LogP contribution in [-0.4, -0.2) is 20.8 Å². The van der Waals surface area contributed by atoms with Crippen LogP contribution in [0.1, 0.15) is 12.0 Å². The van der Waals surface area contributed by atoms with Crippen LogP contribution in [0.2, 0.25) is 0 Å². The molecule has 0 saturated carbocycles. The number of hydrogen-bond acceptors (Lipinski definition) is 3. The van der Waals surface area contributed by atoms with Gasteiger partial charge in [-0.3, -0.25) is 0 Å². The summed E-state index contributed by atoms with van der Waals surface area (Å²) in [6, 6.07) is 4.06. The van der Waals surface area contributed by atoms with E-state index >= 15 is 0 Å². The monoisotopic (exact) mass is 193 g/mol. The Bertz CT molecular complexity index is 321. The first-order chi connectivity index (χ1) is 6.86. The topological polar surface area (TPSA) is 30.5 Å². The maximum absolute atomic E-state index is 5.35. The summed E-state index contributed by atoms with van der Waals surface area (Å²) in [4.78, 5) is 0. The van der Waals surface area contributed by atoms with Crippen molar-refractivity contribution >= 4 is 5.69 Å². The Labute approximate surface area is 84.0 Å². The van der Waals surface area contributed by atoms with Gasteiger partial charge in [0, 0.05) is 6.54 Å². The van der Waals surface area contributed by atoms with Crippen molar-refractivity contribution in [3.8, 4) is 11.5 Å². The van der Waals surface area contributed by atoms with Crippen LogP contribution in [0.25, 0.3) is 0 Å². The Morgan fingerprint density at radius 2 is 2.07 bits per heavy atom. The molecular formula is C11H15NO2. The maximum Gasteiger partial charge on any atom is 0.184 e. The highest BCUT2D eigenvalue weighted by molar-refractivity contribution is 5.68. The Morgan fingerprint density at radius 3 is 2.79 bits per heavy atom. The van der Waals surface area contributed by atoms with Gasteiger partial charge < -0.3 is 14.8 Å². The Morgan fingerprint density at radius 1 is 1.21 bits per heavy atom. The predicted octanol–water partition coefficient (Wildman–Crippen LogP) is 2.06. The molecule has 1 aromatic rings. The molecule has 1 heterocycles. The van der Waals surface area contributed by atoms with E-state index in [4.69, 9.17) is 9.47 Å². The summed E-state index contributed by atoms with van der Waals surface area (Å²) in [6.07, 6.45) is 2.30. The average Bonchev–Trinajstić information content (AvgIpc) is 2.27. The number of fused-ring (bicyclic) bond motifs is 1. The zero-order chi connectivity index (χ0) is 9.97. The molecule has 0 radical (unpaired) electrons. The van der Waals surface area contributed by atoms with Gasteiger partial charge >= 0.3 is 0 Å². The Hall–Kier alpha value is -1.38. The van der Waals surface area contributed by atoms with Gasteiger partial charge in [-0.15, -0.1) is 0 Å². The van der Waals surface area contributed by atoms with Gasteiger partial charge in [-0.25, -0.2) is 0 Å². The van der Waals surface area contributed by atoms with Crippen LogP contribution in [0.3, 0.4) is 0 Å². The van der Waals surface area contributed by atoms with E-state index in [1.165, 1.54) is 12.0 Å². The van der Waals surface area contributed by atoms with Gasteiger partial charge in [0.2, 0.25) is 0 Å². The molecule has 76 valence electrons. The number of rotatable bonds is 2. The normalized spacial score (nSPS) is 14.1. The Balaban J connectivity index is 2.50. The van der Waals surface area contributed by atoms with E-state index in [9.17, 15) is 0 Å². The minimum Gasteiger partial charge on any atom is -0.493 e. The summed E-state index contributed by atoms with van der Waals surface area (Å²) in [7, 11) is 3.33. The van der Waals surface area contributed by atoms with Crippen molar-refractivity contribution in [2.24, 2.45) is 0 Å². The molecule has 0 aromatic heterocycles. The lowest BCUT2D eigenvalue weighted by atomic mass is 10.0. The molecule has 0 unspecified atom stereocenters. The first-order valence-corrected chi connectivity index (χ1v) is 4.84. The van der Waals surface area contributed by atoms with Gasteiger partial charge in [0.15, 0.2) is 11.5 Å². The molecule has 3 nitrogen and oxygen atoms in total. The highest BCUT2D eigenvalue weighted by atomic mass is 16.5. The van der Waals surface area contributed by atoms with E-state index < -0.39 is 0 Å². The van der Waals surface area contributed by atoms with Crippen molar-refractivity contribution in [3.05, 3.63) is 17.7 Å². The second-order valence-corrected chi connectivity index (χ2v) is 3.37. The Kier molecular flexibility index (Phi) is 2.48. The number of anilines is 1. The minimum absolute atomic E-state index is 0.792. The first kappa shape index (κ1) is 9.19. The summed E-state index contributed by atoms with van der Waals surface area (Å²) in [6.45, 7) is 1.01. The molecule has 2 rings (SSSR count). The number of nitrogens with one attached hydrogen (secondary N) is 1. The van der Waals surface area contributed by atoms with Crippen LogP contribution in [0.15, 0.2) is 12.1 Å². The third-order valence-corrected chi connectivity index (χ3v) is 2.56. The van der Waals surface area contributed by atoms with Gasteiger partial charge in [-0.1, -0.05) is 6.07 Å². The SMILES string of the molecule is COc1ccc2c(c1OC)NCCC2. The zero-order valence-corrected chi connectivity index (χ0v) is 8.59. The lowest BCUT2D eigenvalue weighted by Gasteiger charge is -2.21. The van der Waals surface area contributed by atoms with E-state index in [1.807, 2.05) is 6.07 Å². The summed E-state index contributed by atoms with van der Waals surface area (Å²) < 4.78 is 10.6. The molecule has 1 aromatic carbocycles. The number of ether oxygens (including phenoxy) is 2. The van der Waals surface area contributed by atoms with E-state index in [0.717, 1.165) is 30.2 Å². The van der Waals surface area contributed by atoms with E-state index in [-0.39, 0.29) is 0 Å². The molecular weight excluding hydrogens is 178 g/mol. The molecule has 1 N–H and O–H groups in total. The second-order valence-electron chi connectivity index (χ2n) is 3.37. The second kappa shape index (κ2) is 3.78. The van der Waals surface area contributed by atoms with Crippen LogP contribution < -0.4 is 14.8 Å². The summed E-state index contributed by atoms with van der Waals surface area (Å²) in [5.41, 5.74) is 2.41. The molecule has 3 heteroatoms. The van der Waals surface area contributed by atoms with Crippen LogP contribution in [0.4, 0.5) is 5.69 Å². The van der Waals surface area contributed by atoms with Crippen molar-refractivity contribution in [1.29, 1.82) is 0 Å². The quantitative estimate of drug-likeness (QED) is 0.779. The molecule has 0 atom stereocenters. The lowest BCUT2D eigenvalue weighted by molar-refractivity contribution is 0.355. The molecule has 1 aliphatic rings. The fourth-order valence-corrected chi connectivity index (χ4v) is 1.86. The first-order valence-electron chi connectivity index (χ1n) is 4.84. The highest BCUT2D eigenvalue weighted by Gasteiger charge is 2.16. The molecule has 0 spiro atoms. The zero-order valence-electron chi connectivity index (χ0n) is 8.59. The fraction of sp³-hybridized carbons (Fsp3) is 0.455. The lowest BCUT2D eigenvalue weighted by Crippen LogP contribution is -2.13. The van der Waals surface area contributed by atoms with Gasteiger partial charge in [0.25, 0.3) is 0 Å². The van der Waals surface area contributed by atoms with Crippen molar-refractivity contribution in [1.82, 2.24) is 0 Å². The fourth-order valence-electron chi connectivity index (χ4n) is 1.86. The number of aryl methyl sites for hydroxylation is 1. The minimum atomic E-state index is 0.792. The predicted molar refractivity (Wildman–Crippen MR) is 56.4 cm³/mol. The largest absolute Gasteiger partial charge is 0.493 e. The number of methoxy groups -OCH3 is 2. The van der Waals surface area contributed by atoms with Crippen molar-refractivity contribution in [2.75, 3.05) is 26.1 Å². The van der Waals surface area contributed by atoms with E-state index in [1.54, 1.807) is 14.2 Å². The van der Waals surface area contributed by atoms with Gasteiger partial charge in [-0.05, 0) is 24.5 Å². The highest BCUT2D eigenvalue weighted by Crippen LogP contribution is 2.39. The van der Waals surface area contributed by atoms with E-state index in [2.05, 4.69) is 11.4 Å². The van der Waals surface area contributed by atoms with Crippen LogP contribution in [-0.2, 0) is 6.42 Å². The molecule has 14 heavy (non-hydrogen) atoms. The van der Waals surface area contributed by atoms with Gasteiger partial charge in [0.1, 0.15) is 0 Å². The standard InChI is InChI=1S/C11H15NO2/c1-13-9-6-5-8-4-3-7-12-10(8)11(9)14-2/h5-6,12H,3-4,7H2,1-2H3. The van der Waals surface area contributed by atoms with Crippen LogP contribution in [0.5, 0.6) is 11.5 Å². The third kappa shape index (κ3) is 1.39. The molecule has 1 aliphatic heterocycles. The molecule has 0 fully saturated rings. The number of hydrogen-bond donors (Lipinski definition) is 1. The molecule has 0 saturated heterocycles. The van der Waals surface area contributed by atoms with Gasteiger partial charge in [-0.2, -0.15) is 0 Å². The average molecular weight is 193 g/mol. The van der Waals surface area contributed by atoms with Crippen LogP contribution >= 0.6 is 0 Å². The maximum atomic E-state index is 5.35. The summed E-state index contributed by atoms with van der Waals surface area (Å²) >= 11 is 0. The summed E-state index contributed by atoms with van der Waals surface area (Å²) in [5, 5.41) is 3.35. The smallest absolute Gasteiger partial charge is 0.184 e. The molecule has 0 bridgehead atoms. The van der Waals surface area contributed by atoms with Crippen molar-refractivity contribution < 1.29 is 9.47 Å². The molecule has 0 aliphatic carbocycles. The van der Waals surface area contributed by atoms with Crippen molar-refractivity contribution in [3.63, 3.8) is 0 Å². The summed E-state index contributed by atoms with van der Waals surface area (Å²) in [5.74, 6) is 1.62. The van der Waals surface area contributed by atoms with Crippen molar-refractivity contribution in [2.45, 2.75) is 12.8 Å². The number of benzene rings is 1. The third-order valence-electron chi connectivity index (χ3n) is 2.56.